The summed E-state index contributed by atoms with van der Waals surface area (Å²) in [4.78, 5) is 2.08. The number of nitrogens with zero attached hydrogens (tertiary/aromatic N) is 1. The summed E-state index contributed by atoms with van der Waals surface area (Å²) in [5, 5.41) is 10.2. The molecular formula is C19H26N2O2. The highest BCUT2D eigenvalue weighted by atomic mass is 16.5. The molecule has 1 unspecified atom stereocenters. The van der Waals surface area contributed by atoms with E-state index in [2.05, 4.69) is 17.0 Å². The van der Waals surface area contributed by atoms with Crippen LogP contribution in [0.2, 0.25) is 0 Å². The Kier molecular flexibility index (Phi) is 5.29. The van der Waals surface area contributed by atoms with E-state index in [0.717, 1.165) is 12.1 Å². The maximum absolute atomic E-state index is 10.2. The van der Waals surface area contributed by atoms with Crippen molar-refractivity contribution in [2.45, 2.75) is 39.1 Å². The molecule has 0 saturated heterocycles. The van der Waals surface area contributed by atoms with Crippen LogP contribution < -0.4 is 10.5 Å². The molecule has 0 aliphatic carbocycles. The molecule has 0 bridgehead atoms. The fourth-order valence-corrected chi connectivity index (χ4v) is 2.42. The number of ether oxygens (including phenoxy) is 1. The third-order valence-electron chi connectivity index (χ3n) is 3.87. The van der Waals surface area contributed by atoms with E-state index in [1.165, 1.54) is 5.56 Å². The van der Waals surface area contributed by atoms with Gasteiger partial charge in [-0.1, -0.05) is 42.5 Å². The summed E-state index contributed by atoms with van der Waals surface area (Å²) in [5.74, 6) is 0.563. The van der Waals surface area contributed by atoms with Gasteiger partial charge in [-0.05, 0) is 39.4 Å². The SMILES string of the molecule is CC(Oc1c(O)cccc1C(C)(C)N)N(C)Cc1ccccc1. The number of rotatable bonds is 6. The minimum Gasteiger partial charge on any atom is -0.504 e. The molecule has 0 amide bonds. The van der Waals surface area contributed by atoms with Crippen LogP contribution in [0.1, 0.15) is 31.9 Å². The first kappa shape index (κ1) is 17.3. The van der Waals surface area contributed by atoms with Gasteiger partial charge >= 0.3 is 0 Å². The van der Waals surface area contributed by atoms with Crippen molar-refractivity contribution in [3.05, 3.63) is 59.7 Å². The topological polar surface area (TPSA) is 58.7 Å². The highest BCUT2D eigenvalue weighted by Crippen LogP contribution is 2.36. The van der Waals surface area contributed by atoms with Gasteiger partial charge in [-0.2, -0.15) is 0 Å². The first-order valence-corrected chi connectivity index (χ1v) is 7.81. The van der Waals surface area contributed by atoms with E-state index in [-0.39, 0.29) is 12.0 Å². The third kappa shape index (κ3) is 4.47. The average molecular weight is 314 g/mol. The van der Waals surface area contributed by atoms with E-state index in [0.29, 0.717) is 5.75 Å². The summed E-state index contributed by atoms with van der Waals surface area (Å²) in [7, 11) is 1.99. The fourth-order valence-electron chi connectivity index (χ4n) is 2.42. The summed E-state index contributed by atoms with van der Waals surface area (Å²) < 4.78 is 6.03. The van der Waals surface area contributed by atoms with Gasteiger partial charge in [0, 0.05) is 17.6 Å². The van der Waals surface area contributed by atoms with Crippen LogP contribution in [0.5, 0.6) is 11.5 Å². The second kappa shape index (κ2) is 7.02. The number of phenolic OH excluding ortho intramolecular Hbond substituents is 1. The highest BCUT2D eigenvalue weighted by Gasteiger charge is 2.24. The van der Waals surface area contributed by atoms with Gasteiger partial charge in [0.15, 0.2) is 11.5 Å². The van der Waals surface area contributed by atoms with E-state index in [1.54, 1.807) is 12.1 Å². The minimum absolute atomic E-state index is 0.112. The first-order valence-electron chi connectivity index (χ1n) is 7.81. The quantitative estimate of drug-likeness (QED) is 0.802. The summed E-state index contributed by atoms with van der Waals surface area (Å²) in [5.41, 5.74) is 7.61. The van der Waals surface area contributed by atoms with E-state index in [4.69, 9.17) is 10.5 Å². The van der Waals surface area contributed by atoms with Crippen molar-refractivity contribution < 1.29 is 9.84 Å². The van der Waals surface area contributed by atoms with Gasteiger partial charge in [-0.25, -0.2) is 0 Å². The zero-order valence-corrected chi connectivity index (χ0v) is 14.3. The molecule has 4 nitrogen and oxygen atoms in total. The molecule has 2 aromatic carbocycles. The predicted octanol–water partition coefficient (Wildman–Crippen LogP) is 3.44. The molecule has 0 fully saturated rings. The van der Waals surface area contributed by atoms with Gasteiger partial charge in [0.2, 0.25) is 0 Å². The minimum atomic E-state index is -0.591. The number of hydrogen-bond acceptors (Lipinski definition) is 4. The smallest absolute Gasteiger partial charge is 0.168 e. The van der Waals surface area contributed by atoms with E-state index in [1.807, 2.05) is 52.1 Å². The highest BCUT2D eigenvalue weighted by molar-refractivity contribution is 5.48. The standard InChI is InChI=1S/C19H26N2O2/c1-14(21(4)13-15-9-6-5-7-10-15)23-18-16(19(2,3)20)11-8-12-17(18)22/h5-12,14,22H,13,20H2,1-4H3. The second-order valence-electron chi connectivity index (χ2n) is 6.49. The van der Waals surface area contributed by atoms with Crippen molar-refractivity contribution >= 4 is 0 Å². The Morgan fingerprint density at radius 1 is 1.13 bits per heavy atom. The van der Waals surface area contributed by atoms with Gasteiger partial charge in [-0.3, -0.25) is 4.90 Å². The zero-order chi connectivity index (χ0) is 17.0. The number of phenols is 1. The maximum Gasteiger partial charge on any atom is 0.168 e. The van der Waals surface area contributed by atoms with Crippen molar-refractivity contribution in [1.29, 1.82) is 0 Å². The molecule has 0 aromatic heterocycles. The first-order chi connectivity index (χ1) is 10.8. The lowest BCUT2D eigenvalue weighted by molar-refractivity contribution is 0.0509. The molecule has 0 spiro atoms. The number of nitrogens with two attached hydrogens (primary N) is 1. The number of hydrogen-bond donors (Lipinski definition) is 2. The van der Waals surface area contributed by atoms with Crippen molar-refractivity contribution in [3.8, 4) is 11.5 Å². The Morgan fingerprint density at radius 3 is 2.39 bits per heavy atom. The van der Waals surface area contributed by atoms with Crippen LogP contribution in [0, 0.1) is 0 Å². The molecule has 4 heteroatoms. The van der Waals surface area contributed by atoms with Gasteiger partial charge < -0.3 is 15.6 Å². The fraction of sp³-hybridized carbons (Fsp3) is 0.368. The van der Waals surface area contributed by atoms with Crippen molar-refractivity contribution in [3.63, 3.8) is 0 Å². The summed E-state index contributed by atoms with van der Waals surface area (Å²) in [6.07, 6.45) is -0.204. The van der Waals surface area contributed by atoms with Gasteiger partial charge in [-0.15, -0.1) is 0 Å². The van der Waals surface area contributed by atoms with Crippen molar-refractivity contribution in [2.24, 2.45) is 5.73 Å². The van der Waals surface area contributed by atoms with Crippen LogP contribution in [0.3, 0.4) is 0 Å². The molecule has 3 N–H and O–H groups in total. The molecular weight excluding hydrogens is 288 g/mol. The number of para-hydroxylation sites is 1. The molecule has 0 radical (unpaired) electrons. The zero-order valence-electron chi connectivity index (χ0n) is 14.3. The van der Waals surface area contributed by atoms with Crippen LogP contribution in [0.4, 0.5) is 0 Å². The third-order valence-corrected chi connectivity index (χ3v) is 3.87. The van der Waals surface area contributed by atoms with E-state index >= 15 is 0 Å². The molecule has 0 aliphatic rings. The van der Waals surface area contributed by atoms with Gasteiger partial charge in [0.1, 0.15) is 6.23 Å². The van der Waals surface area contributed by atoms with Crippen LogP contribution in [-0.4, -0.2) is 23.3 Å². The predicted molar refractivity (Wildman–Crippen MR) is 93.3 cm³/mol. The summed E-state index contributed by atoms with van der Waals surface area (Å²) >= 11 is 0. The van der Waals surface area contributed by atoms with Crippen LogP contribution in [-0.2, 0) is 12.1 Å². The largest absolute Gasteiger partial charge is 0.504 e. The van der Waals surface area contributed by atoms with E-state index < -0.39 is 5.54 Å². The Morgan fingerprint density at radius 2 is 1.78 bits per heavy atom. The Labute approximate surface area is 138 Å². The number of benzene rings is 2. The molecule has 0 saturated carbocycles. The molecule has 2 rings (SSSR count). The van der Waals surface area contributed by atoms with Crippen LogP contribution >= 0.6 is 0 Å². The Bertz CT molecular complexity index is 636. The molecule has 124 valence electrons. The Hall–Kier alpha value is -2.04. The summed E-state index contributed by atoms with van der Waals surface area (Å²) in [6, 6.07) is 15.5. The molecule has 23 heavy (non-hydrogen) atoms. The van der Waals surface area contributed by atoms with Gasteiger partial charge in [0.05, 0.1) is 0 Å². The molecule has 2 aromatic rings. The Balaban J connectivity index is 2.15. The maximum atomic E-state index is 10.2. The summed E-state index contributed by atoms with van der Waals surface area (Å²) in [6.45, 7) is 6.51. The molecule has 0 aliphatic heterocycles. The van der Waals surface area contributed by atoms with Crippen molar-refractivity contribution in [1.82, 2.24) is 4.90 Å². The lowest BCUT2D eigenvalue weighted by atomic mass is 9.94. The lowest BCUT2D eigenvalue weighted by Crippen LogP contribution is -2.35. The van der Waals surface area contributed by atoms with Gasteiger partial charge in [0.25, 0.3) is 0 Å². The van der Waals surface area contributed by atoms with E-state index in [9.17, 15) is 5.11 Å². The monoisotopic (exact) mass is 314 g/mol. The molecule has 0 heterocycles. The van der Waals surface area contributed by atoms with Crippen molar-refractivity contribution in [2.75, 3.05) is 7.05 Å². The molecule has 1 atom stereocenters. The normalized spacial score (nSPS) is 13.1. The number of aromatic hydroxyl groups is 1. The lowest BCUT2D eigenvalue weighted by Gasteiger charge is -2.29. The average Bonchev–Trinajstić information content (AvgIpc) is 2.49. The van der Waals surface area contributed by atoms with Crippen LogP contribution in [0.15, 0.2) is 48.5 Å². The van der Waals surface area contributed by atoms with Crippen LogP contribution in [0.25, 0.3) is 0 Å². The second-order valence-corrected chi connectivity index (χ2v) is 6.49.